The van der Waals surface area contributed by atoms with Crippen molar-refractivity contribution in [2.24, 2.45) is 0 Å². The van der Waals surface area contributed by atoms with Crippen molar-refractivity contribution in [1.29, 1.82) is 0 Å². The third kappa shape index (κ3) is 9.53. The maximum Gasteiger partial charge on any atom is 0.123 e. The quantitative estimate of drug-likeness (QED) is 0.0731. The van der Waals surface area contributed by atoms with Gasteiger partial charge in [0.15, 0.2) is 0 Å². The molecule has 6 nitrogen and oxygen atoms in total. The SMILES string of the molecule is CCCCCCCCOc1cc(OCCCCCCCC)cc(-c2cc3cc4nc(c(P)c5ccc(cc6nc(c(P)c2[nH]3)C=C6)[nH]5)C=C4)c1. The van der Waals surface area contributed by atoms with Crippen molar-refractivity contribution in [3.05, 3.63) is 71.3 Å². The largest absolute Gasteiger partial charge is 0.493 e. The Labute approximate surface area is 302 Å². The summed E-state index contributed by atoms with van der Waals surface area (Å²) in [5.41, 5.74) is 9.67. The topological polar surface area (TPSA) is 75.8 Å². The number of unbranched alkanes of at least 4 members (excludes halogenated alkanes) is 10. The lowest BCUT2D eigenvalue weighted by Crippen LogP contribution is -2.01. The standard InChI is InChI=1S/C42H52N4O2P2/c1-3-5-7-9-11-13-21-47-34-23-29(24-35(28-34)48-22-14-12-10-8-6-4-2)36-27-33-26-32-16-19-38(44-32)41(49)37-18-15-30(43-37)25-31-17-20-39(45-31)42(50)40(36)46-33/h15-20,23-28,43,46H,3-14,21-22,49-50H2,1-2H3. The molecule has 8 bridgehead atoms. The van der Waals surface area contributed by atoms with Crippen molar-refractivity contribution in [3.63, 3.8) is 0 Å². The molecule has 8 heteroatoms. The lowest BCUT2D eigenvalue weighted by Gasteiger charge is -2.13. The highest BCUT2D eigenvalue weighted by atomic mass is 31.0. The van der Waals surface area contributed by atoms with E-state index in [9.17, 15) is 0 Å². The van der Waals surface area contributed by atoms with Gasteiger partial charge in [-0.15, -0.1) is 18.5 Å². The number of benzene rings is 1. The minimum absolute atomic E-state index is 0.699. The molecule has 50 heavy (non-hydrogen) atoms. The molecule has 0 saturated heterocycles. The average molecular weight is 707 g/mol. The highest BCUT2D eigenvalue weighted by Gasteiger charge is 2.14. The first-order valence-corrected chi connectivity index (χ1v) is 19.7. The van der Waals surface area contributed by atoms with Crippen molar-refractivity contribution in [2.75, 3.05) is 13.2 Å². The van der Waals surface area contributed by atoms with Crippen LogP contribution in [0.25, 0.3) is 57.5 Å². The summed E-state index contributed by atoms with van der Waals surface area (Å²) in [6.07, 6.45) is 23.0. The number of aromatic amines is 2. The summed E-state index contributed by atoms with van der Waals surface area (Å²) in [5, 5.41) is 2.01. The number of H-pyrrole nitrogens is 2. The Kier molecular flexibility index (Phi) is 13.0. The maximum atomic E-state index is 6.40. The van der Waals surface area contributed by atoms with E-state index in [1.807, 2.05) is 0 Å². The van der Waals surface area contributed by atoms with E-state index in [-0.39, 0.29) is 0 Å². The van der Waals surface area contributed by atoms with Gasteiger partial charge >= 0.3 is 0 Å². The highest BCUT2D eigenvalue weighted by Crippen LogP contribution is 2.34. The van der Waals surface area contributed by atoms with E-state index in [4.69, 9.17) is 19.4 Å². The number of fused-ring (bicyclic) bond motifs is 8. The number of aromatic nitrogens is 4. The summed E-state index contributed by atoms with van der Waals surface area (Å²) >= 11 is 0. The van der Waals surface area contributed by atoms with Gasteiger partial charge in [0.1, 0.15) is 11.5 Å². The summed E-state index contributed by atoms with van der Waals surface area (Å²) < 4.78 is 12.8. The number of hydrogen-bond acceptors (Lipinski definition) is 4. The van der Waals surface area contributed by atoms with Crippen LogP contribution in [0, 0.1) is 0 Å². The lowest BCUT2D eigenvalue weighted by atomic mass is 10.1. The Balaban J connectivity index is 1.39. The Morgan fingerprint density at radius 1 is 0.560 bits per heavy atom. The molecule has 0 aliphatic carbocycles. The minimum atomic E-state index is 0.699. The highest BCUT2D eigenvalue weighted by molar-refractivity contribution is 7.28. The molecule has 0 saturated carbocycles. The van der Waals surface area contributed by atoms with E-state index < -0.39 is 0 Å². The van der Waals surface area contributed by atoms with Gasteiger partial charge in [0.2, 0.25) is 0 Å². The van der Waals surface area contributed by atoms with Crippen molar-refractivity contribution >= 4 is 75.5 Å². The number of nitrogens with zero attached hydrogens (tertiary/aromatic N) is 2. The van der Waals surface area contributed by atoms with Gasteiger partial charge < -0.3 is 19.4 Å². The Bertz CT molecular complexity index is 1950. The van der Waals surface area contributed by atoms with Crippen molar-refractivity contribution in [1.82, 2.24) is 19.9 Å². The molecule has 2 N–H and O–H groups in total. The molecular formula is C42H52N4O2P2. The Morgan fingerprint density at radius 3 is 1.74 bits per heavy atom. The lowest BCUT2D eigenvalue weighted by molar-refractivity contribution is 0.290. The van der Waals surface area contributed by atoms with E-state index in [0.717, 1.165) is 90.9 Å². The van der Waals surface area contributed by atoms with E-state index in [0.29, 0.717) is 13.2 Å². The zero-order chi connectivity index (χ0) is 34.7. The smallest absolute Gasteiger partial charge is 0.123 e. The van der Waals surface area contributed by atoms with Gasteiger partial charge in [0, 0.05) is 38.8 Å². The molecule has 6 rings (SSSR count). The fourth-order valence-corrected chi connectivity index (χ4v) is 7.20. The molecule has 2 aliphatic heterocycles. The predicted molar refractivity (Wildman–Crippen MR) is 221 cm³/mol. The molecule has 2 atom stereocenters. The van der Waals surface area contributed by atoms with Gasteiger partial charge in [-0.3, -0.25) is 0 Å². The maximum absolute atomic E-state index is 6.40. The zero-order valence-electron chi connectivity index (χ0n) is 29.7. The van der Waals surface area contributed by atoms with Crippen LogP contribution < -0.4 is 20.1 Å². The summed E-state index contributed by atoms with van der Waals surface area (Å²) in [4.78, 5) is 17.2. The van der Waals surface area contributed by atoms with Gasteiger partial charge in [-0.2, -0.15) is 0 Å². The molecule has 262 valence electrons. The van der Waals surface area contributed by atoms with Gasteiger partial charge in [-0.1, -0.05) is 78.1 Å². The number of ether oxygens (including phenoxy) is 2. The summed E-state index contributed by atoms with van der Waals surface area (Å²) in [6, 6.07) is 16.9. The molecule has 1 aromatic carbocycles. The third-order valence-electron chi connectivity index (χ3n) is 9.31. The van der Waals surface area contributed by atoms with Crippen LogP contribution >= 0.6 is 18.5 Å². The predicted octanol–water partition coefficient (Wildman–Crippen LogP) is 10.8. The third-order valence-corrected chi connectivity index (χ3v) is 10.5. The molecule has 2 aliphatic rings. The first-order valence-electron chi connectivity index (χ1n) is 18.6. The minimum Gasteiger partial charge on any atom is -0.493 e. The van der Waals surface area contributed by atoms with Crippen LogP contribution in [0.5, 0.6) is 11.5 Å². The van der Waals surface area contributed by atoms with Crippen LogP contribution in [0.4, 0.5) is 0 Å². The number of nitrogens with one attached hydrogen (secondary N) is 2. The Morgan fingerprint density at radius 2 is 1.12 bits per heavy atom. The van der Waals surface area contributed by atoms with E-state index >= 15 is 0 Å². The van der Waals surface area contributed by atoms with Crippen molar-refractivity contribution < 1.29 is 9.47 Å². The van der Waals surface area contributed by atoms with Crippen LogP contribution in [0.1, 0.15) is 114 Å². The molecule has 0 fully saturated rings. The molecule has 0 amide bonds. The second-order valence-electron chi connectivity index (χ2n) is 13.4. The van der Waals surface area contributed by atoms with Crippen LogP contribution in [0.2, 0.25) is 0 Å². The molecule has 3 aromatic heterocycles. The van der Waals surface area contributed by atoms with Crippen LogP contribution in [-0.4, -0.2) is 33.1 Å². The van der Waals surface area contributed by atoms with E-state index in [1.54, 1.807) is 0 Å². The summed E-state index contributed by atoms with van der Waals surface area (Å²) in [7, 11) is 5.79. The van der Waals surface area contributed by atoms with Crippen LogP contribution in [0.15, 0.2) is 48.5 Å². The molecule has 4 aromatic rings. The van der Waals surface area contributed by atoms with E-state index in [1.165, 1.54) is 64.2 Å². The second-order valence-corrected chi connectivity index (χ2v) is 14.5. The Hall–Kier alpha value is -3.72. The number of rotatable bonds is 17. The first-order chi connectivity index (χ1) is 24.5. The first kappa shape index (κ1) is 36.1. The van der Waals surface area contributed by atoms with E-state index in [2.05, 4.69) is 115 Å². The van der Waals surface area contributed by atoms with Crippen molar-refractivity contribution in [3.8, 4) is 22.6 Å². The summed E-state index contributed by atoms with van der Waals surface area (Å²) in [5.74, 6) is 1.68. The average Bonchev–Trinajstić information content (AvgIpc) is 3.95. The zero-order valence-corrected chi connectivity index (χ0v) is 32.0. The van der Waals surface area contributed by atoms with Gasteiger partial charge in [0.05, 0.1) is 41.5 Å². The summed E-state index contributed by atoms with van der Waals surface area (Å²) in [6.45, 7) is 5.92. The monoisotopic (exact) mass is 706 g/mol. The molecule has 0 radical (unpaired) electrons. The number of hydrogen-bond donors (Lipinski definition) is 2. The molecule has 0 spiro atoms. The fourth-order valence-electron chi connectivity index (χ4n) is 6.49. The van der Waals surface area contributed by atoms with Crippen LogP contribution in [-0.2, 0) is 0 Å². The van der Waals surface area contributed by atoms with Crippen molar-refractivity contribution in [2.45, 2.75) is 90.9 Å². The second kappa shape index (κ2) is 18.0. The van der Waals surface area contributed by atoms with Gasteiger partial charge in [-0.05, 0) is 85.2 Å². The fraction of sp³-hybridized carbons (Fsp3) is 0.381. The molecule has 2 unspecified atom stereocenters. The molecular weight excluding hydrogens is 654 g/mol. The normalized spacial score (nSPS) is 12.2. The van der Waals surface area contributed by atoms with Crippen LogP contribution in [0.3, 0.4) is 0 Å². The molecule has 5 heterocycles. The van der Waals surface area contributed by atoms with Gasteiger partial charge in [-0.25, -0.2) is 9.97 Å². The van der Waals surface area contributed by atoms with Gasteiger partial charge in [0.25, 0.3) is 0 Å².